The SMILES string of the molecule is COC(=O)[C@@]12C(=O)OC[C@@H]1CC(=O)N2Cc1ccc(OC)cc1. The van der Waals surface area contributed by atoms with Gasteiger partial charge in [-0.3, -0.25) is 4.79 Å². The molecule has 2 aliphatic heterocycles. The van der Waals surface area contributed by atoms with E-state index in [1.165, 1.54) is 12.0 Å². The zero-order chi connectivity index (χ0) is 16.6. The van der Waals surface area contributed by atoms with Crippen LogP contribution in [0.5, 0.6) is 5.75 Å². The fourth-order valence-corrected chi connectivity index (χ4v) is 3.27. The van der Waals surface area contributed by atoms with E-state index in [9.17, 15) is 14.4 Å². The molecule has 0 saturated carbocycles. The molecule has 1 amide bonds. The van der Waals surface area contributed by atoms with Crippen LogP contribution in [-0.4, -0.2) is 49.1 Å². The van der Waals surface area contributed by atoms with Crippen LogP contribution in [0.3, 0.4) is 0 Å². The van der Waals surface area contributed by atoms with Gasteiger partial charge in [0.15, 0.2) is 0 Å². The smallest absolute Gasteiger partial charge is 0.344 e. The third kappa shape index (κ3) is 2.15. The Morgan fingerprint density at radius 2 is 2.00 bits per heavy atom. The van der Waals surface area contributed by atoms with Gasteiger partial charge in [-0.05, 0) is 17.7 Å². The molecule has 0 unspecified atom stereocenters. The molecule has 7 nitrogen and oxygen atoms in total. The fraction of sp³-hybridized carbons (Fsp3) is 0.438. The van der Waals surface area contributed by atoms with Gasteiger partial charge in [-0.2, -0.15) is 0 Å². The molecule has 0 aromatic heterocycles. The van der Waals surface area contributed by atoms with Gasteiger partial charge < -0.3 is 19.1 Å². The number of hydrogen-bond donors (Lipinski definition) is 0. The van der Waals surface area contributed by atoms with Crippen molar-refractivity contribution in [3.05, 3.63) is 29.8 Å². The lowest BCUT2D eigenvalue weighted by Crippen LogP contribution is -2.58. The number of carbonyl (C=O) groups excluding carboxylic acids is 3. The second-order valence-electron chi connectivity index (χ2n) is 5.59. The van der Waals surface area contributed by atoms with Gasteiger partial charge in [0.1, 0.15) is 5.75 Å². The predicted octanol–water partition coefficient (Wildman–Crippen LogP) is 0.512. The van der Waals surface area contributed by atoms with Crippen molar-refractivity contribution in [2.75, 3.05) is 20.8 Å². The van der Waals surface area contributed by atoms with Crippen LogP contribution in [0.2, 0.25) is 0 Å². The third-order valence-electron chi connectivity index (χ3n) is 4.46. The number of carbonyl (C=O) groups is 3. The highest BCUT2D eigenvalue weighted by molar-refractivity contribution is 6.11. The molecule has 3 rings (SSSR count). The lowest BCUT2D eigenvalue weighted by atomic mass is 9.87. The van der Waals surface area contributed by atoms with Gasteiger partial charge >= 0.3 is 11.9 Å². The number of amides is 1. The third-order valence-corrected chi connectivity index (χ3v) is 4.46. The van der Waals surface area contributed by atoms with Crippen molar-refractivity contribution in [1.82, 2.24) is 4.90 Å². The molecular formula is C16H17NO6. The number of rotatable bonds is 4. The van der Waals surface area contributed by atoms with E-state index in [-0.39, 0.29) is 25.5 Å². The number of cyclic esters (lactones) is 1. The number of likely N-dealkylation sites (tertiary alicyclic amines) is 1. The summed E-state index contributed by atoms with van der Waals surface area (Å²) in [5, 5.41) is 0. The average Bonchev–Trinajstić information content (AvgIpc) is 3.03. The minimum absolute atomic E-state index is 0.0544. The fourth-order valence-electron chi connectivity index (χ4n) is 3.27. The van der Waals surface area contributed by atoms with Crippen molar-refractivity contribution in [2.45, 2.75) is 18.5 Å². The molecule has 2 saturated heterocycles. The Morgan fingerprint density at radius 3 is 2.61 bits per heavy atom. The first kappa shape index (κ1) is 15.3. The van der Waals surface area contributed by atoms with Crippen molar-refractivity contribution in [1.29, 1.82) is 0 Å². The van der Waals surface area contributed by atoms with Crippen LogP contribution in [0.15, 0.2) is 24.3 Å². The first-order valence-corrected chi connectivity index (χ1v) is 7.23. The number of fused-ring (bicyclic) bond motifs is 1. The number of methoxy groups -OCH3 is 2. The van der Waals surface area contributed by atoms with Gasteiger partial charge in [0.05, 0.1) is 20.8 Å². The van der Waals surface area contributed by atoms with E-state index in [1.807, 2.05) is 0 Å². The van der Waals surface area contributed by atoms with Crippen molar-refractivity contribution >= 4 is 17.8 Å². The highest BCUT2D eigenvalue weighted by atomic mass is 16.6. The van der Waals surface area contributed by atoms with Gasteiger partial charge in [-0.25, -0.2) is 9.59 Å². The summed E-state index contributed by atoms with van der Waals surface area (Å²) in [6.07, 6.45) is 0.0942. The molecule has 122 valence electrons. The van der Waals surface area contributed by atoms with Crippen LogP contribution in [0.4, 0.5) is 0 Å². The summed E-state index contributed by atoms with van der Waals surface area (Å²) in [7, 11) is 2.76. The molecule has 0 aliphatic carbocycles. The van der Waals surface area contributed by atoms with Gasteiger partial charge in [0.2, 0.25) is 11.4 Å². The number of benzene rings is 1. The van der Waals surface area contributed by atoms with E-state index in [4.69, 9.17) is 14.2 Å². The minimum atomic E-state index is -1.66. The first-order valence-electron chi connectivity index (χ1n) is 7.23. The molecule has 1 aromatic rings. The maximum absolute atomic E-state index is 12.4. The predicted molar refractivity (Wildman–Crippen MR) is 77.4 cm³/mol. The average molecular weight is 319 g/mol. The molecular weight excluding hydrogens is 302 g/mol. The molecule has 23 heavy (non-hydrogen) atoms. The zero-order valence-corrected chi connectivity index (χ0v) is 12.9. The van der Waals surface area contributed by atoms with E-state index in [0.717, 1.165) is 5.56 Å². The monoisotopic (exact) mass is 319 g/mol. The standard InChI is InChI=1S/C16H17NO6/c1-21-12-5-3-10(4-6-12)8-17-13(18)7-11-9-23-15(20)16(11,17)14(19)22-2/h3-6,11H,7-9H2,1-2H3/t11-,16+/m0/s1. The van der Waals surface area contributed by atoms with Crippen molar-refractivity contribution in [3.8, 4) is 5.75 Å². The highest BCUT2D eigenvalue weighted by Crippen LogP contribution is 2.43. The van der Waals surface area contributed by atoms with Crippen molar-refractivity contribution in [3.63, 3.8) is 0 Å². The summed E-state index contributed by atoms with van der Waals surface area (Å²) in [4.78, 5) is 38.3. The Labute approximate surface area is 133 Å². The summed E-state index contributed by atoms with van der Waals surface area (Å²) < 4.78 is 14.9. The van der Waals surface area contributed by atoms with E-state index in [2.05, 4.69) is 0 Å². The van der Waals surface area contributed by atoms with Crippen molar-refractivity contribution in [2.24, 2.45) is 5.92 Å². The Hall–Kier alpha value is -2.57. The first-order chi connectivity index (χ1) is 11.0. The number of esters is 2. The lowest BCUT2D eigenvalue weighted by molar-refractivity contribution is -0.168. The molecule has 1 aromatic carbocycles. The summed E-state index contributed by atoms with van der Waals surface area (Å²) in [5.74, 6) is -1.54. The second kappa shape index (κ2) is 5.57. The Balaban J connectivity index is 1.96. The normalized spacial score (nSPS) is 26.0. The van der Waals surface area contributed by atoms with Crippen LogP contribution >= 0.6 is 0 Å². The van der Waals surface area contributed by atoms with Crippen LogP contribution in [0.1, 0.15) is 12.0 Å². The molecule has 2 fully saturated rings. The highest BCUT2D eigenvalue weighted by Gasteiger charge is 2.68. The summed E-state index contributed by atoms with van der Waals surface area (Å²) >= 11 is 0. The lowest BCUT2D eigenvalue weighted by Gasteiger charge is -2.32. The molecule has 2 aliphatic rings. The van der Waals surface area contributed by atoms with Gasteiger partial charge in [0.25, 0.3) is 0 Å². The quantitative estimate of drug-likeness (QED) is 0.594. The molecule has 2 atom stereocenters. The van der Waals surface area contributed by atoms with E-state index < -0.39 is 23.4 Å². The number of ether oxygens (including phenoxy) is 3. The molecule has 0 spiro atoms. The van der Waals surface area contributed by atoms with Crippen LogP contribution in [0.25, 0.3) is 0 Å². The minimum Gasteiger partial charge on any atom is -0.497 e. The van der Waals surface area contributed by atoms with E-state index >= 15 is 0 Å². The zero-order valence-electron chi connectivity index (χ0n) is 12.9. The van der Waals surface area contributed by atoms with Crippen LogP contribution < -0.4 is 4.74 Å². The summed E-state index contributed by atoms with van der Waals surface area (Å²) in [6.45, 7) is 0.183. The molecule has 0 radical (unpaired) electrons. The largest absolute Gasteiger partial charge is 0.497 e. The van der Waals surface area contributed by atoms with E-state index in [1.54, 1.807) is 31.4 Å². The van der Waals surface area contributed by atoms with Crippen LogP contribution in [-0.2, 0) is 30.4 Å². The Bertz CT molecular complexity index is 655. The molecule has 0 bridgehead atoms. The van der Waals surface area contributed by atoms with Gasteiger partial charge in [-0.15, -0.1) is 0 Å². The van der Waals surface area contributed by atoms with Crippen molar-refractivity contribution < 1.29 is 28.6 Å². The van der Waals surface area contributed by atoms with Gasteiger partial charge in [-0.1, -0.05) is 12.1 Å². The maximum Gasteiger partial charge on any atom is 0.344 e. The second-order valence-corrected chi connectivity index (χ2v) is 5.59. The van der Waals surface area contributed by atoms with Gasteiger partial charge in [0, 0.05) is 18.9 Å². The number of nitrogens with zero attached hydrogens (tertiary/aromatic N) is 1. The molecule has 2 heterocycles. The Morgan fingerprint density at radius 1 is 1.30 bits per heavy atom. The maximum atomic E-state index is 12.4. The number of hydrogen-bond acceptors (Lipinski definition) is 6. The Kier molecular flexibility index (Phi) is 3.71. The summed E-state index contributed by atoms with van der Waals surface area (Å²) in [6, 6.07) is 7.08. The molecule has 0 N–H and O–H groups in total. The van der Waals surface area contributed by atoms with E-state index in [0.29, 0.717) is 5.75 Å². The molecule has 7 heteroatoms. The van der Waals surface area contributed by atoms with Crippen LogP contribution in [0, 0.1) is 5.92 Å². The summed E-state index contributed by atoms with van der Waals surface area (Å²) in [5.41, 5.74) is -0.881. The topological polar surface area (TPSA) is 82.1 Å².